The number of nitrogens with one attached hydrogen (secondary N) is 1. The van der Waals surface area contributed by atoms with Crippen molar-refractivity contribution < 1.29 is 4.74 Å². The third-order valence-corrected chi connectivity index (χ3v) is 5.08. The van der Waals surface area contributed by atoms with Crippen molar-refractivity contribution in [2.75, 3.05) is 13.2 Å². The van der Waals surface area contributed by atoms with Gasteiger partial charge in [-0.2, -0.15) is 0 Å². The highest BCUT2D eigenvalue weighted by Gasteiger charge is 2.19. The summed E-state index contributed by atoms with van der Waals surface area (Å²) in [6.45, 7) is 7.66. The van der Waals surface area contributed by atoms with Gasteiger partial charge in [0.05, 0.1) is 29.2 Å². The second kappa shape index (κ2) is 10.2. The zero-order valence-corrected chi connectivity index (χ0v) is 17.6. The van der Waals surface area contributed by atoms with E-state index in [0.29, 0.717) is 23.6 Å². The van der Waals surface area contributed by atoms with E-state index in [1.165, 1.54) is 19.3 Å². The molecular formula is C24H31N3O2. The summed E-state index contributed by atoms with van der Waals surface area (Å²) in [5.74, 6) is 1.39. The molecule has 29 heavy (non-hydrogen) atoms. The van der Waals surface area contributed by atoms with Crippen LogP contribution in [0.5, 0.6) is 5.75 Å². The SMILES string of the molecule is CCCCCCNC(C)c1nc2ccccc2c(=O)n1-c1ccccc1OCC. The number of fused-ring (bicyclic) bond motifs is 1. The Hall–Kier alpha value is -2.66. The molecule has 0 saturated heterocycles. The number of nitrogens with zero attached hydrogens (tertiary/aromatic N) is 2. The van der Waals surface area contributed by atoms with Crippen LogP contribution in [0, 0.1) is 0 Å². The Bertz CT molecular complexity index is 997. The van der Waals surface area contributed by atoms with Crippen molar-refractivity contribution in [1.29, 1.82) is 0 Å². The first kappa shape index (κ1) is 21.1. The van der Waals surface area contributed by atoms with Crippen LogP contribution in [0.2, 0.25) is 0 Å². The van der Waals surface area contributed by atoms with E-state index in [-0.39, 0.29) is 11.6 Å². The average Bonchev–Trinajstić information content (AvgIpc) is 2.74. The molecular weight excluding hydrogens is 362 g/mol. The smallest absolute Gasteiger partial charge is 0.266 e. The number of para-hydroxylation sites is 3. The van der Waals surface area contributed by atoms with Crippen molar-refractivity contribution >= 4 is 10.9 Å². The number of benzene rings is 2. The predicted octanol–water partition coefficient (Wildman–Crippen LogP) is 5.02. The van der Waals surface area contributed by atoms with E-state index < -0.39 is 0 Å². The zero-order chi connectivity index (χ0) is 20.6. The van der Waals surface area contributed by atoms with Gasteiger partial charge in [0.2, 0.25) is 0 Å². The van der Waals surface area contributed by atoms with Crippen LogP contribution in [0.25, 0.3) is 16.6 Å². The molecule has 5 nitrogen and oxygen atoms in total. The molecule has 1 atom stereocenters. The van der Waals surface area contributed by atoms with E-state index in [0.717, 1.165) is 24.2 Å². The lowest BCUT2D eigenvalue weighted by atomic mass is 10.1. The molecule has 0 spiro atoms. The Morgan fingerprint density at radius 1 is 1.03 bits per heavy atom. The minimum atomic E-state index is -0.0719. The summed E-state index contributed by atoms with van der Waals surface area (Å²) >= 11 is 0. The van der Waals surface area contributed by atoms with Crippen molar-refractivity contribution in [1.82, 2.24) is 14.9 Å². The van der Waals surface area contributed by atoms with E-state index in [4.69, 9.17) is 9.72 Å². The molecule has 0 saturated carbocycles. The molecule has 2 aromatic carbocycles. The van der Waals surface area contributed by atoms with E-state index >= 15 is 0 Å². The van der Waals surface area contributed by atoms with Gasteiger partial charge in [-0.3, -0.25) is 9.36 Å². The van der Waals surface area contributed by atoms with Crippen LogP contribution in [-0.4, -0.2) is 22.7 Å². The Morgan fingerprint density at radius 3 is 2.59 bits per heavy atom. The largest absolute Gasteiger partial charge is 0.492 e. The van der Waals surface area contributed by atoms with Crippen LogP contribution in [0.3, 0.4) is 0 Å². The zero-order valence-electron chi connectivity index (χ0n) is 17.6. The van der Waals surface area contributed by atoms with Gasteiger partial charge in [-0.15, -0.1) is 0 Å². The van der Waals surface area contributed by atoms with Crippen LogP contribution in [0.1, 0.15) is 58.3 Å². The summed E-state index contributed by atoms with van der Waals surface area (Å²) in [6.07, 6.45) is 4.79. The summed E-state index contributed by atoms with van der Waals surface area (Å²) in [6, 6.07) is 15.1. The highest BCUT2D eigenvalue weighted by molar-refractivity contribution is 5.78. The fourth-order valence-electron chi connectivity index (χ4n) is 3.55. The van der Waals surface area contributed by atoms with Crippen molar-refractivity contribution in [3.63, 3.8) is 0 Å². The van der Waals surface area contributed by atoms with Crippen molar-refractivity contribution in [3.8, 4) is 11.4 Å². The number of hydrogen-bond donors (Lipinski definition) is 1. The summed E-state index contributed by atoms with van der Waals surface area (Å²) in [5.41, 5.74) is 1.38. The van der Waals surface area contributed by atoms with Gasteiger partial charge in [-0.25, -0.2) is 4.98 Å². The Morgan fingerprint density at radius 2 is 1.79 bits per heavy atom. The molecule has 0 bridgehead atoms. The highest BCUT2D eigenvalue weighted by atomic mass is 16.5. The lowest BCUT2D eigenvalue weighted by molar-refractivity contribution is 0.338. The minimum Gasteiger partial charge on any atom is -0.492 e. The van der Waals surface area contributed by atoms with Gasteiger partial charge < -0.3 is 10.1 Å². The minimum absolute atomic E-state index is 0.0661. The van der Waals surface area contributed by atoms with E-state index in [1.807, 2.05) is 55.5 Å². The molecule has 0 radical (unpaired) electrons. The van der Waals surface area contributed by atoms with E-state index in [1.54, 1.807) is 4.57 Å². The Balaban J connectivity index is 2.06. The summed E-state index contributed by atoms with van der Waals surface area (Å²) in [5, 5.41) is 4.16. The molecule has 0 aliphatic carbocycles. The predicted molar refractivity (Wildman–Crippen MR) is 119 cm³/mol. The summed E-state index contributed by atoms with van der Waals surface area (Å²) in [7, 11) is 0. The molecule has 1 heterocycles. The topological polar surface area (TPSA) is 56.2 Å². The standard InChI is InChI=1S/C24H31N3O2/c1-4-6-7-12-17-25-18(3)23-26-20-14-9-8-13-19(20)24(28)27(23)21-15-10-11-16-22(21)29-5-2/h8-11,13-16,18,25H,4-7,12,17H2,1-3H3. The van der Waals surface area contributed by atoms with Crippen molar-refractivity contribution in [3.05, 3.63) is 64.7 Å². The van der Waals surface area contributed by atoms with Crippen LogP contribution < -0.4 is 15.6 Å². The maximum absolute atomic E-state index is 13.5. The molecule has 1 unspecified atom stereocenters. The quantitative estimate of drug-likeness (QED) is 0.492. The van der Waals surface area contributed by atoms with Gasteiger partial charge in [0, 0.05) is 0 Å². The number of hydrogen-bond acceptors (Lipinski definition) is 4. The first-order valence-corrected chi connectivity index (χ1v) is 10.6. The monoisotopic (exact) mass is 393 g/mol. The number of rotatable bonds is 10. The molecule has 0 amide bonds. The number of unbranched alkanes of at least 4 members (excludes halogenated alkanes) is 3. The lowest BCUT2D eigenvalue weighted by Gasteiger charge is -2.21. The van der Waals surface area contributed by atoms with Crippen LogP contribution in [0.4, 0.5) is 0 Å². The fraction of sp³-hybridized carbons (Fsp3) is 0.417. The first-order chi connectivity index (χ1) is 14.2. The summed E-state index contributed by atoms with van der Waals surface area (Å²) < 4.78 is 7.52. The van der Waals surface area contributed by atoms with Crippen molar-refractivity contribution in [2.45, 2.75) is 52.5 Å². The molecule has 1 N–H and O–H groups in total. The van der Waals surface area contributed by atoms with E-state index in [9.17, 15) is 4.79 Å². The molecule has 154 valence electrons. The van der Waals surface area contributed by atoms with Gasteiger partial charge >= 0.3 is 0 Å². The lowest BCUT2D eigenvalue weighted by Crippen LogP contribution is -2.30. The summed E-state index contributed by atoms with van der Waals surface area (Å²) in [4.78, 5) is 18.3. The van der Waals surface area contributed by atoms with Gasteiger partial charge in [0.25, 0.3) is 5.56 Å². The first-order valence-electron chi connectivity index (χ1n) is 10.6. The molecule has 1 aromatic heterocycles. The maximum Gasteiger partial charge on any atom is 0.266 e. The van der Waals surface area contributed by atoms with Crippen LogP contribution >= 0.6 is 0 Å². The van der Waals surface area contributed by atoms with E-state index in [2.05, 4.69) is 19.2 Å². The third kappa shape index (κ3) is 4.85. The van der Waals surface area contributed by atoms with Gasteiger partial charge in [0.15, 0.2) is 0 Å². The highest BCUT2D eigenvalue weighted by Crippen LogP contribution is 2.25. The Labute approximate surface area is 172 Å². The number of aromatic nitrogens is 2. The maximum atomic E-state index is 13.5. The van der Waals surface area contributed by atoms with Gasteiger partial charge in [-0.1, -0.05) is 50.5 Å². The van der Waals surface area contributed by atoms with Crippen molar-refractivity contribution in [2.24, 2.45) is 0 Å². The van der Waals surface area contributed by atoms with Gasteiger partial charge in [0.1, 0.15) is 11.6 Å². The van der Waals surface area contributed by atoms with Crippen LogP contribution in [0.15, 0.2) is 53.3 Å². The second-order valence-corrected chi connectivity index (χ2v) is 7.26. The van der Waals surface area contributed by atoms with Crippen LogP contribution in [-0.2, 0) is 0 Å². The molecule has 3 rings (SSSR count). The molecule has 5 heteroatoms. The Kier molecular flexibility index (Phi) is 7.42. The molecule has 0 aliphatic rings. The third-order valence-electron chi connectivity index (χ3n) is 5.08. The molecule has 0 fully saturated rings. The van der Waals surface area contributed by atoms with Gasteiger partial charge in [-0.05, 0) is 51.1 Å². The number of ether oxygens (including phenoxy) is 1. The molecule has 3 aromatic rings. The fourth-order valence-corrected chi connectivity index (χ4v) is 3.55. The normalized spacial score (nSPS) is 12.2. The average molecular weight is 394 g/mol. The second-order valence-electron chi connectivity index (χ2n) is 7.26. The molecule has 0 aliphatic heterocycles.